The van der Waals surface area contributed by atoms with Gasteiger partial charge in [-0.15, -0.1) is 0 Å². The van der Waals surface area contributed by atoms with Crippen molar-refractivity contribution >= 4 is 21.6 Å². The normalized spacial score (nSPS) is 12.4. The van der Waals surface area contributed by atoms with Gasteiger partial charge in [0.05, 0.1) is 22.4 Å². The van der Waals surface area contributed by atoms with E-state index >= 15 is 0 Å². The monoisotopic (exact) mass is 343 g/mol. The third-order valence-corrected chi connectivity index (χ3v) is 3.78. The molecule has 1 heterocycles. The fraction of sp³-hybridized carbons (Fsp3) is 0.357. The van der Waals surface area contributed by atoms with Crippen LogP contribution in [0, 0.1) is 11.6 Å². The molecule has 6 heteroatoms. The van der Waals surface area contributed by atoms with Crippen molar-refractivity contribution in [2.75, 3.05) is 5.32 Å². The summed E-state index contributed by atoms with van der Waals surface area (Å²) in [5.74, 6) is -1.24. The molecule has 0 saturated heterocycles. The highest BCUT2D eigenvalue weighted by Gasteiger charge is 2.09. The third kappa shape index (κ3) is 3.36. The van der Waals surface area contributed by atoms with Gasteiger partial charge in [0.1, 0.15) is 11.6 Å². The molecule has 0 aliphatic rings. The van der Waals surface area contributed by atoms with E-state index in [4.69, 9.17) is 0 Å². The van der Waals surface area contributed by atoms with Crippen molar-refractivity contribution in [3.05, 3.63) is 46.2 Å². The summed E-state index contributed by atoms with van der Waals surface area (Å²) < 4.78 is 28.8. The molecule has 0 aliphatic carbocycles. The minimum atomic E-state index is -0.618. The van der Waals surface area contributed by atoms with Crippen LogP contribution in [0.15, 0.2) is 28.9 Å². The summed E-state index contributed by atoms with van der Waals surface area (Å²) in [6.07, 6.45) is 2.90. The average molecular weight is 344 g/mol. The van der Waals surface area contributed by atoms with Crippen LogP contribution in [-0.2, 0) is 6.54 Å². The van der Waals surface area contributed by atoms with Gasteiger partial charge < -0.3 is 5.32 Å². The lowest BCUT2D eigenvalue weighted by atomic mass is 10.3. The van der Waals surface area contributed by atoms with Crippen molar-refractivity contribution < 1.29 is 8.78 Å². The maximum atomic E-state index is 13.6. The van der Waals surface area contributed by atoms with Crippen LogP contribution in [0.4, 0.5) is 14.5 Å². The molecule has 1 aromatic heterocycles. The summed E-state index contributed by atoms with van der Waals surface area (Å²) in [6, 6.07) is 4.45. The Morgan fingerprint density at radius 2 is 2.10 bits per heavy atom. The molecule has 0 fully saturated rings. The lowest BCUT2D eigenvalue weighted by Crippen LogP contribution is -2.07. The number of hydrogen-bond donors (Lipinski definition) is 1. The number of rotatable bonds is 5. The first-order chi connectivity index (χ1) is 9.51. The van der Waals surface area contributed by atoms with Crippen LogP contribution in [-0.4, -0.2) is 9.78 Å². The number of benzene rings is 1. The van der Waals surface area contributed by atoms with Gasteiger partial charge in [0.15, 0.2) is 0 Å². The lowest BCUT2D eigenvalue weighted by molar-refractivity contribution is 0.474. The SMILES string of the molecule is CCC(C)n1ccc(CNc2cc(Br)c(F)cc2F)n1. The second-order valence-corrected chi connectivity index (χ2v) is 5.50. The Labute approximate surface area is 125 Å². The average Bonchev–Trinajstić information content (AvgIpc) is 2.89. The topological polar surface area (TPSA) is 29.9 Å². The van der Waals surface area contributed by atoms with Crippen LogP contribution >= 0.6 is 15.9 Å². The van der Waals surface area contributed by atoms with Crippen LogP contribution in [0.1, 0.15) is 32.0 Å². The van der Waals surface area contributed by atoms with E-state index < -0.39 is 11.6 Å². The van der Waals surface area contributed by atoms with Crippen molar-refractivity contribution in [3.8, 4) is 0 Å². The Bertz CT molecular complexity index is 598. The van der Waals surface area contributed by atoms with Gasteiger partial charge in [0, 0.05) is 18.3 Å². The van der Waals surface area contributed by atoms with E-state index in [0.29, 0.717) is 12.6 Å². The maximum Gasteiger partial charge on any atom is 0.149 e. The molecule has 0 amide bonds. The van der Waals surface area contributed by atoms with E-state index in [2.05, 4.69) is 40.2 Å². The van der Waals surface area contributed by atoms with E-state index in [1.165, 1.54) is 6.07 Å². The first-order valence-electron chi connectivity index (χ1n) is 6.43. The zero-order valence-corrected chi connectivity index (χ0v) is 12.9. The van der Waals surface area contributed by atoms with Gasteiger partial charge in [0.25, 0.3) is 0 Å². The molecule has 1 atom stereocenters. The molecule has 0 spiro atoms. The van der Waals surface area contributed by atoms with Crippen molar-refractivity contribution in [1.82, 2.24) is 9.78 Å². The molecule has 108 valence electrons. The molecule has 3 nitrogen and oxygen atoms in total. The fourth-order valence-electron chi connectivity index (χ4n) is 1.75. The van der Waals surface area contributed by atoms with Crippen LogP contribution in [0.5, 0.6) is 0 Å². The maximum absolute atomic E-state index is 13.6. The molecule has 2 rings (SSSR count). The molecule has 0 bridgehead atoms. The number of hydrogen-bond acceptors (Lipinski definition) is 2. The van der Waals surface area contributed by atoms with Crippen LogP contribution in [0.3, 0.4) is 0 Å². The third-order valence-electron chi connectivity index (χ3n) is 3.18. The highest BCUT2D eigenvalue weighted by molar-refractivity contribution is 9.10. The molecule has 0 radical (unpaired) electrons. The van der Waals surface area contributed by atoms with Crippen molar-refractivity contribution in [2.45, 2.75) is 32.9 Å². The molecule has 2 aromatic rings. The molecule has 1 N–H and O–H groups in total. The Morgan fingerprint density at radius 3 is 2.80 bits per heavy atom. The summed E-state index contributed by atoms with van der Waals surface area (Å²) in [7, 11) is 0. The van der Waals surface area contributed by atoms with E-state index in [9.17, 15) is 8.78 Å². The van der Waals surface area contributed by atoms with Gasteiger partial charge in [-0.1, -0.05) is 6.92 Å². The number of aromatic nitrogens is 2. The zero-order valence-electron chi connectivity index (χ0n) is 11.3. The fourth-order valence-corrected chi connectivity index (χ4v) is 2.09. The Hall–Kier alpha value is -1.43. The number of halogens is 3. The second kappa shape index (κ2) is 6.35. The molecular formula is C14H16BrF2N3. The van der Waals surface area contributed by atoms with Gasteiger partial charge in [-0.25, -0.2) is 8.78 Å². The zero-order chi connectivity index (χ0) is 14.7. The molecular weight excluding hydrogens is 328 g/mol. The summed E-state index contributed by atoms with van der Waals surface area (Å²) in [4.78, 5) is 0. The molecule has 20 heavy (non-hydrogen) atoms. The van der Waals surface area contributed by atoms with E-state index in [-0.39, 0.29) is 10.2 Å². The summed E-state index contributed by atoms with van der Waals surface area (Å²) in [5, 5.41) is 7.33. The Morgan fingerprint density at radius 1 is 1.35 bits per heavy atom. The molecule has 1 aromatic carbocycles. The van der Waals surface area contributed by atoms with E-state index in [1.54, 1.807) is 0 Å². The van der Waals surface area contributed by atoms with Gasteiger partial charge in [0.2, 0.25) is 0 Å². The number of nitrogens with one attached hydrogen (secondary N) is 1. The van der Waals surface area contributed by atoms with Gasteiger partial charge >= 0.3 is 0 Å². The minimum Gasteiger partial charge on any atom is -0.377 e. The van der Waals surface area contributed by atoms with E-state index in [0.717, 1.165) is 18.2 Å². The van der Waals surface area contributed by atoms with E-state index in [1.807, 2.05) is 16.9 Å². The Balaban J connectivity index is 2.05. The predicted molar refractivity (Wildman–Crippen MR) is 78.6 cm³/mol. The van der Waals surface area contributed by atoms with Crippen molar-refractivity contribution in [2.24, 2.45) is 0 Å². The van der Waals surface area contributed by atoms with Crippen molar-refractivity contribution in [3.63, 3.8) is 0 Å². The minimum absolute atomic E-state index is 0.228. The van der Waals surface area contributed by atoms with Gasteiger partial charge in [-0.05, 0) is 41.4 Å². The lowest BCUT2D eigenvalue weighted by Gasteiger charge is -2.09. The largest absolute Gasteiger partial charge is 0.377 e. The van der Waals surface area contributed by atoms with Crippen LogP contribution in [0.25, 0.3) is 0 Å². The van der Waals surface area contributed by atoms with Gasteiger partial charge in [-0.2, -0.15) is 5.10 Å². The smallest absolute Gasteiger partial charge is 0.149 e. The Kier molecular flexibility index (Phi) is 4.75. The molecule has 1 unspecified atom stereocenters. The van der Waals surface area contributed by atoms with Gasteiger partial charge in [-0.3, -0.25) is 4.68 Å². The van der Waals surface area contributed by atoms with Crippen LogP contribution < -0.4 is 5.32 Å². The number of nitrogens with zero attached hydrogens (tertiary/aromatic N) is 2. The summed E-state index contributed by atoms with van der Waals surface area (Å²) >= 11 is 3.04. The highest BCUT2D eigenvalue weighted by Crippen LogP contribution is 2.24. The molecule has 0 saturated carbocycles. The number of anilines is 1. The van der Waals surface area contributed by atoms with Crippen molar-refractivity contribution in [1.29, 1.82) is 0 Å². The quantitative estimate of drug-likeness (QED) is 0.809. The first kappa shape index (κ1) is 15.0. The second-order valence-electron chi connectivity index (χ2n) is 4.64. The van der Waals surface area contributed by atoms with Crippen LogP contribution in [0.2, 0.25) is 0 Å². The standard InChI is InChI=1S/C14H16BrF2N3/c1-3-9(2)20-5-4-10(19-20)8-18-14-6-11(15)12(16)7-13(14)17/h4-7,9,18H,3,8H2,1-2H3. The molecule has 0 aliphatic heterocycles. The first-order valence-corrected chi connectivity index (χ1v) is 7.23. The summed E-state index contributed by atoms with van der Waals surface area (Å²) in [5.41, 5.74) is 1.06. The predicted octanol–water partition coefficient (Wildman–Crippen LogP) is 4.51. The highest BCUT2D eigenvalue weighted by atomic mass is 79.9. The summed E-state index contributed by atoms with van der Waals surface area (Å²) in [6.45, 7) is 4.56.